The van der Waals surface area contributed by atoms with Gasteiger partial charge in [0.15, 0.2) is 9.84 Å². The van der Waals surface area contributed by atoms with Gasteiger partial charge in [-0.3, -0.25) is 0 Å². The molecule has 0 unspecified atom stereocenters. The van der Waals surface area contributed by atoms with Crippen LogP contribution in [-0.4, -0.2) is 27.8 Å². The van der Waals surface area contributed by atoms with E-state index in [1.807, 2.05) is 13.8 Å². The largest absolute Gasteiger partial charge is 0.495 e. The van der Waals surface area contributed by atoms with Crippen molar-refractivity contribution in [3.8, 4) is 5.75 Å². The molecule has 0 spiro atoms. The maximum Gasteiger partial charge on any atom is 0.182 e. The summed E-state index contributed by atoms with van der Waals surface area (Å²) in [5.74, 6) is 0.342. The second kappa shape index (κ2) is 5.59. The molecule has 2 N–H and O–H groups in total. The van der Waals surface area contributed by atoms with Crippen molar-refractivity contribution in [2.45, 2.75) is 18.7 Å². The third-order valence-corrected chi connectivity index (χ3v) is 5.24. The highest BCUT2D eigenvalue weighted by Gasteiger charge is 2.28. The molecular formula is C12H18BrNO3S. The predicted octanol–water partition coefficient (Wildman–Crippen LogP) is 2.22. The molecule has 4 nitrogen and oxygen atoms in total. The molecule has 0 aliphatic carbocycles. The lowest BCUT2D eigenvalue weighted by atomic mass is 9.97. The van der Waals surface area contributed by atoms with E-state index in [9.17, 15) is 8.42 Å². The van der Waals surface area contributed by atoms with Gasteiger partial charge in [0.2, 0.25) is 0 Å². The first-order valence-electron chi connectivity index (χ1n) is 5.48. The van der Waals surface area contributed by atoms with E-state index in [0.29, 0.717) is 16.8 Å². The van der Waals surface area contributed by atoms with Crippen LogP contribution in [0.15, 0.2) is 27.6 Å². The highest BCUT2D eigenvalue weighted by atomic mass is 79.9. The third-order valence-electron chi connectivity index (χ3n) is 2.59. The minimum Gasteiger partial charge on any atom is -0.495 e. The van der Waals surface area contributed by atoms with Gasteiger partial charge in [-0.25, -0.2) is 8.42 Å². The Labute approximate surface area is 117 Å². The molecule has 0 radical (unpaired) electrons. The molecule has 0 amide bonds. The zero-order valence-electron chi connectivity index (χ0n) is 10.7. The van der Waals surface area contributed by atoms with Crippen LogP contribution in [0.5, 0.6) is 5.75 Å². The van der Waals surface area contributed by atoms with E-state index in [-0.39, 0.29) is 10.6 Å². The maximum absolute atomic E-state index is 12.4. The molecule has 0 aliphatic rings. The Hall–Kier alpha value is -0.590. The van der Waals surface area contributed by atoms with E-state index in [1.165, 1.54) is 7.11 Å². The van der Waals surface area contributed by atoms with Gasteiger partial charge in [0.1, 0.15) is 10.6 Å². The molecule has 0 aromatic heterocycles. The monoisotopic (exact) mass is 335 g/mol. The summed E-state index contributed by atoms with van der Waals surface area (Å²) in [7, 11) is -1.98. The van der Waals surface area contributed by atoms with E-state index < -0.39 is 15.3 Å². The second-order valence-electron chi connectivity index (χ2n) is 4.92. The zero-order chi connectivity index (χ0) is 14.0. The Morgan fingerprint density at radius 1 is 1.39 bits per heavy atom. The Kier molecular flexibility index (Phi) is 4.80. The number of halogens is 1. The first-order valence-corrected chi connectivity index (χ1v) is 7.93. The summed E-state index contributed by atoms with van der Waals surface area (Å²) in [6.45, 7) is 3.96. The predicted molar refractivity (Wildman–Crippen MR) is 75.6 cm³/mol. The molecule has 0 heterocycles. The smallest absolute Gasteiger partial charge is 0.182 e. The fraction of sp³-hybridized carbons (Fsp3) is 0.500. The van der Waals surface area contributed by atoms with Crippen molar-refractivity contribution in [1.82, 2.24) is 0 Å². The van der Waals surface area contributed by atoms with Crippen molar-refractivity contribution < 1.29 is 13.2 Å². The number of hydrogen-bond acceptors (Lipinski definition) is 4. The molecule has 0 fully saturated rings. The number of ether oxygens (including phenoxy) is 1. The number of rotatable bonds is 5. The Morgan fingerprint density at radius 2 is 2.00 bits per heavy atom. The number of nitrogens with two attached hydrogens (primary N) is 1. The van der Waals surface area contributed by atoms with Gasteiger partial charge in [-0.1, -0.05) is 29.8 Å². The summed E-state index contributed by atoms with van der Waals surface area (Å²) in [5.41, 5.74) is 5.12. The average Bonchev–Trinajstić information content (AvgIpc) is 2.28. The van der Waals surface area contributed by atoms with Gasteiger partial charge in [-0.2, -0.15) is 0 Å². The van der Waals surface area contributed by atoms with Gasteiger partial charge in [0, 0.05) is 4.47 Å². The highest BCUT2D eigenvalue weighted by molar-refractivity contribution is 9.10. The number of methoxy groups -OCH3 is 1. The van der Waals surface area contributed by atoms with Gasteiger partial charge in [0.25, 0.3) is 0 Å². The van der Waals surface area contributed by atoms with Crippen LogP contribution in [0.3, 0.4) is 0 Å². The van der Waals surface area contributed by atoms with Crippen molar-refractivity contribution in [2.75, 3.05) is 19.4 Å². The normalized spacial score (nSPS) is 12.5. The summed E-state index contributed by atoms with van der Waals surface area (Å²) >= 11 is 3.27. The van der Waals surface area contributed by atoms with Crippen molar-refractivity contribution in [3.63, 3.8) is 0 Å². The topological polar surface area (TPSA) is 69.4 Å². The number of hydrogen-bond donors (Lipinski definition) is 1. The quantitative estimate of drug-likeness (QED) is 0.895. The summed E-state index contributed by atoms with van der Waals surface area (Å²) < 4.78 is 30.6. The van der Waals surface area contributed by atoms with Crippen LogP contribution >= 0.6 is 15.9 Å². The molecule has 0 bridgehead atoms. The van der Waals surface area contributed by atoms with Crippen LogP contribution in [0.25, 0.3) is 0 Å². The van der Waals surface area contributed by atoms with Gasteiger partial charge < -0.3 is 10.5 Å². The standard InChI is InChI=1S/C12H18BrNO3S/c1-12(2,7-14)8-18(15,16)11-6-9(13)4-5-10(11)17-3/h4-6H,7-8,14H2,1-3H3. The molecule has 1 aromatic carbocycles. The van der Waals surface area contributed by atoms with Gasteiger partial charge >= 0.3 is 0 Å². The van der Waals surface area contributed by atoms with Crippen LogP contribution in [0.4, 0.5) is 0 Å². The van der Waals surface area contributed by atoms with Crippen LogP contribution in [0.1, 0.15) is 13.8 Å². The minimum atomic E-state index is -3.43. The molecule has 0 aliphatic heterocycles. The molecule has 0 atom stereocenters. The number of benzene rings is 1. The van der Waals surface area contributed by atoms with Crippen molar-refractivity contribution in [3.05, 3.63) is 22.7 Å². The molecule has 6 heteroatoms. The van der Waals surface area contributed by atoms with Crippen molar-refractivity contribution >= 4 is 25.8 Å². The van der Waals surface area contributed by atoms with Gasteiger partial charge in [-0.05, 0) is 30.2 Å². The molecule has 1 rings (SSSR count). The van der Waals surface area contributed by atoms with E-state index in [0.717, 1.165) is 0 Å². The molecule has 0 saturated carbocycles. The molecule has 102 valence electrons. The molecule has 0 saturated heterocycles. The van der Waals surface area contributed by atoms with Crippen LogP contribution < -0.4 is 10.5 Å². The minimum absolute atomic E-state index is 0.0106. The van der Waals surface area contributed by atoms with E-state index in [1.54, 1.807) is 18.2 Å². The van der Waals surface area contributed by atoms with E-state index >= 15 is 0 Å². The summed E-state index contributed by atoms with van der Waals surface area (Å²) in [5, 5.41) is 0. The summed E-state index contributed by atoms with van der Waals surface area (Å²) in [6, 6.07) is 4.93. The molecule has 18 heavy (non-hydrogen) atoms. The van der Waals surface area contributed by atoms with Gasteiger partial charge in [0.05, 0.1) is 12.9 Å². The fourth-order valence-corrected chi connectivity index (χ4v) is 4.12. The van der Waals surface area contributed by atoms with Crippen LogP contribution in [0, 0.1) is 5.41 Å². The summed E-state index contributed by atoms with van der Waals surface area (Å²) in [6.07, 6.45) is 0. The lowest BCUT2D eigenvalue weighted by Crippen LogP contribution is -2.31. The lowest BCUT2D eigenvalue weighted by molar-refractivity contribution is 0.399. The van der Waals surface area contributed by atoms with Gasteiger partial charge in [-0.15, -0.1) is 0 Å². The summed E-state index contributed by atoms with van der Waals surface area (Å²) in [4.78, 5) is 0.195. The first-order chi connectivity index (χ1) is 8.22. The highest BCUT2D eigenvalue weighted by Crippen LogP contribution is 2.31. The third kappa shape index (κ3) is 3.70. The van der Waals surface area contributed by atoms with Crippen LogP contribution in [-0.2, 0) is 9.84 Å². The fourth-order valence-electron chi connectivity index (χ4n) is 1.54. The van der Waals surface area contributed by atoms with Crippen LogP contribution in [0.2, 0.25) is 0 Å². The van der Waals surface area contributed by atoms with E-state index in [2.05, 4.69) is 15.9 Å². The van der Waals surface area contributed by atoms with Crippen molar-refractivity contribution in [1.29, 1.82) is 0 Å². The molecular weight excluding hydrogens is 318 g/mol. The number of sulfone groups is 1. The van der Waals surface area contributed by atoms with Crippen molar-refractivity contribution in [2.24, 2.45) is 11.1 Å². The SMILES string of the molecule is COc1ccc(Br)cc1S(=O)(=O)CC(C)(C)CN. The average molecular weight is 336 g/mol. The van der Waals surface area contributed by atoms with E-state index in [4.69, 9.17) is 10.5 Å². The Bertz CT molecular complexity index is 526. The maximum atomic E-state index is 12.4. The Morgan fingerprint density at radius 3 is 2.50 bits per heavy atom. The zero-order valence-corrected chi connectivity index (χ0v) is 13.1. The first kappa shape index (κ1) is 15.5. The molecule has 1 aromatic rings. The lowest BCUT2D eigenvalue weighted by Gasteiger charge is -2.22. The second-order valence-corrected chi connectivity index (χ2v) is 7.80. The Balaban J connectivity index is 3.24.